The van der Waals surface area contributed by atoms with Crippen molar-refractivity contribution in [3.05, 3.63) is 29.8 Å². The predicted molar refractivity (Wildman–Crippen MR) is 131 cm³/mol. The zero-order valence-electron chi connectivity index (χ0n) is 20.7. The van der Waals surface area contributed by atoms with Gasteiger partial charge in [0.15, 0.2) is 5.67 Å². The van der Waals surface area contributed by atoms with E-state index in [4.69, 9.17) is 4.74 Å². The standard InChI is InChI=1S/C28H38FN3O3/c29-28(11-12-28)26(34)32-19-27(20-32)10-7-22(18-27)30-14-8-21(9-15-30)23-4-1-2-5-24(23)35-17-16-31-13-3-6-25(31)33/h1-2,4-5,21-22H,3,6-20H2. The van der Waals surface area contributed by atoms with Gasteiger partial charge in [0, 0.05) is 37.5 Å². The molecule has 3 saturated heterocycles. The van der Waals surface area contributed by atoms with Crippen LogP contribution in [0.15, 0.2) is 24.3 Å². The maximum Gasteiger partial charge on any atom is 0.260 e. The second-order valence-electron chi connectivity index (χ2n) is 11.7. The van der Waals surface area contributed by atoms with E-state index < -0.39 is 5.67 Å². The highest BCUT2D eigenvalue weighted by Gasteiger charge is 2.58. The highest BCUT2D eigenvalue weighted by molar-refractivity contribution is 5.88. The smallest absolute Gasteiger partial charge is 0.260 e. The topological polar surface area (TPSA) is 53.1 Å². The Morgan fingerprint density at radius 2 is 1.83 bits per heavy atom. The zero-order chi connectivity index (χ0) is 24.0. The molecule has 5 fully saturated rings. The Morgan fingerprint density at radius 3 is 2.54 bits per heavy atom. The van der Waals surface area contributed by atoms with Crippen molar-refractivity contribution >= 4 is 11.8 Å². The number of nitrogens with zero attached hydrogens (tertiary/aromatic N) is 3. The van der Waals surface area contributed by atoms with Crippen LogP contribution in [0, 0.1) is 5.41 Å². The number of piperidine rings is 1. The second-order valence-corrected chi connectivity index (χ2v) is 11.7. The number of likely N-dealkylation sites (tertiary alicyclic amines) is 3. The predicted octanol–water partition coefficient (Wildman–Crippen LogP) is 3.75. The number of carbonyl (C=O) groups excluding carboxylic acids is 2. The average Bonchev–Trinajstić information content (AvgIpc) is 3.25. The van der Waals surface area contributed by atoms with Gasteiger partial charge >= 0.3 is 0 Å². The molecule has 5 aliphatic rings. The van der Waals surface area contributed by atoms with Crippen LogP contribution in [0.5, 0.6) is 5.75 Å². The Balaban J connectivity index is 0.984. The lowest BCUT2D eigenvalue weighted by Crippen LogP contribution is -2.60. The number of hydrogen-bond acceptors (Lipinski definition) is 4. The Hall–Kier alpha value is -2.15. The molecular weight excluding hydrogens is 445 g/mol. The fourth-order valence-electron chi connectivity index (χ4n) is 7.02. The molecule has 1 unspecified atom stereocenters. The Labute approximate surface area is 207 Å². The van der Waals surface area contributed by atoms with Crippen LogP contribution in [-0.2, 0) is 9.59 Å². The molecule has 190 valence electrons. The van der Waals surface area contributed by atoms with Crippen molar-refractivity contribution in [1.82, 2.24) is 14.7 Å². The molecule has 0 bridgehead atoms. The first-order valence-corrected chi connectivity index (χ1v) is 13.7. The minimum absolute atomic E-state index is 0.236. The molecule has 7 heteroatoms. The molecule has 3 heterocycles. The Kier molecular flexibility index (Phi) is 6.02. The summed E-state index contributed by atoms with van der Waals surface area (Å²) in [6.45, 7) is 5.79. The molecule has 6 nitrogen and oxygen atoms in total. The monoisotopic (exact) mass is 483 g/mol. The van der Waals surface area contributed by atoms with Gasteiger partial charge < -0.3 is 19.4 Å². The first-order chi connectivity index (χ1) is 16.9. The number of hydrogen-bond donors (Lipinski definition) is 0. The molecule has 35 heavy (non-hydrogen) atoms. The van der Waals surface area contributed by atoms with Crippen molar-refractivity contribution in [2.24, 2.45) is 5.41 Å². The normalized spacial score (nSPS) is 27.9. The van der Waals surface area contributed by atoms with Crippen molar-refractivity contribution in [1.29, 1.82) is 0 Å². The number of para-hydroxylation sites is 1. The molecular formula is C28H38FN3O3. The third-order valence-corrected chi connectivity index (χ3v) is 9.28. The Bertz CT molecular complexity index is 966. The number of amides is 2. The first-order valence-electron chi connectivity index (χ1n) is 13.7. The molecule has 1 aromatic carbocycles. The van der Waals surface area contributed by atoms with Gasteiger partial charge in [0.2, 0.25) is 5.91 Å². The first kappa shape index (κ1) is 23.3. The third kappa shape index (κ3) is 4.56. The maximum absolute atomic E-state index is 14.1. The number of rotatable bonds is 7. The van der Waals surface area contributed by atoms with E-state index in [0.29, 0.717) is 44.4 Å². The fraction of sp³-hybridized carbons (Fsp3) is 0.714. The van der Waals surface area contributed by atoms with Gasteiger partial charge in [0.1, 0.15) is 12.4 Å². The van der Waals surface area contributed by atoms with E-state index >= 15 is 0 Å². The van der Waals surface area contributed by atoms with Crippen molar-refractivity contribution in [2.75, 3.05) is 45.9 Å². The molecule has 0 radical (unpaired) electrons. The van der Waals surface area contributed by atoms with Crippen LogP contribution in [0.25, 0.3) is 0 Å². The molecule has 1 atom stereocenters. The van der Waals surface area contributed by atoms with E-state index in [0.717, 1.165) is 70.6 Å². The second kappa shape index (κ2) is 9.06. The highest BCUT2D eigenvalue weighted by atomic mass is 19.1. The maximum atomic E-state index is 14.1. The van der Waals surface area contributed by atoms with Crippen LogP contribution in [-0.4, -0.2) is 84.1 Å². The number of halogens is 1. The van der Waals surface area contributed by atoms with Crippen molar-refractivity contribution in [3.63, 3.8) is 0 Å². The van der Waals surface area contributed by atoms with Gasteiger partial charge in [-0.1, -0.05) is 18.2 Å². The molecule has 0 aromatic heterocycles. The largest absolute Gasteiger partial charge is 0.491 e. The minimum Gasteiger partial charge on any atom is -0.491 e. The van der Waals surface area contributed by atoms with Gasteiger partial charge in [-0.25, -0.2) is 4.39 Å². The van der Waals surface area contributed by atoms with Crippen LogP contribution in [0.3, 0.4) is 0 Å². The summed E-state index contributed by atoms with van der Waals surface area (Å²) in [5.41, 5.74) is 0.0170. The summed E-state index contributed by atoms with van der Waals surface area (Å²) in [6.07, 6.45) is 8.23. The van der Waals surface area contributed by atoms with Crippen LogP contribution in [0.2, 0.25) is 0 Å². The van der Waals surface area contributed by atoms with E-state index in [9.17, 15) is 14.0 Å². The highest BCUT2D eigenvalue weighted by Crippen LogP contribution is 2.51. The van der Waals surface area contributed by atoms with Crippen LogP contribution in [0.1, 0.15) is 69.3 Å². The van der Waals surface area contributed by atoms with Crippen LogP contribution in [0.4, 0.5) is 4.39 Å². The summed E-state index contributed by atoms with van der Waals surface area (Å²) in [5, 5.41) is 0. The van der Waals surface area contributed by atoms with E-state index in [1.54, 1.807) is 4.90 Å². The number of alkyl halides is 1. The SMILES string of the molecule is O=C1CCCN1CCOc1ccccc1C1CCN(C2CCC3(C2)CN(C(=O)C2(F)CC2)C3)CC1. The molecule has 1 spiro atoms. The van der Waals surface area contributed by atoms with Gasteiger partial charge in [0.25, 0.3) is 5.91 Å². The molecule has 2 saturated carbocycles. The molecule has 2 aliphatic carbocycles. The van der Waals surface area contributed by atoms with E-state index in [1.807, 2.05) is 11.0 Å². The number of ether oxygens (including phenoxy) is 1. The molecule has 6 rings (SSSR count). The summed E-state index contributed by atoms with van der Waals surface area (Å²) in [6, 6.07) is 9.01. The lowest BCUT2D eigenvalue weighted by atomic mass is 9.77. The van der Waals surface area contributed by atoms with Crippen molar-refractivity contribution in [2.45, 2.75) is 75.4 Å². The van der Waals surface area contributed by atoms with Gasteiger partial charge in [-0.3, -0.25) is 9.59 Å². The fourth-order valence-corrected chi connectivity index (χ4v) is 7.02. The molecule has 0 N–H and O–H groups in total. The molecule has 1 aromatic rings. The van der Waals surface area contributed by atoms with Crippen molar-refractivity contribution in [3.8, 4) is 5.75 Å². The number of benzene rings is 1. The molecule has 2 amide bonds. The summed E-state index contributed by atoms with van der Waals surface area (Å²) in [7, 11) is 0. The summed E-state index contributed by atoms with van der Waals surface area (Å²) in [4.78, 5) is 30.5. The zero-order valence-corrected chi connectivity index (χ0v) is 20.7. The quantitative estimate of drug-likeness (QED) is 0.593. The summed E-state index contributed by atoms with van der Waals surface area (Å²) < 4.78 is 20.3. The van der Waals surface area contributed by atoms with Gasteiger partial charge in [-0.05, 0) is 82.0 Å². The van der Waals surface area contributed by atoms with Crippen LogP contribution < -0.4 is 4.74 Å². The minimum atomic E-state index is -1.52. The summed E-state index contributed by atoms with van der Waals surface area (Å²) >= 11 is 0. The molecule has 3 aliphatic heterocycles. The van der Waals surface area contributed by atoms with E-state index in [1.165, 1.54) is 12.0 Å². The third-order valence-electron chi connectivity index (χ3n) is 9.28. The van der Waals surface area contributed by atoms with Gasteiger partial charge in [0.05, 0.1) is 6.54 Å². The van der Waals surface area contributed by atoms with Gasteiger partial charge in [-0.15, -0.1) is 0 Å². The van der Waals surface area contributed by atoms with Crippen LogP contribution >= 0.6 is 0 Å². The number of carbonyl (C=O) groups is 2. The lowest BCUT2D eigenvalue weighted by molar-refractivity contribution is -0.150. The Morgan fingerprint density at radius 1 is 1.06 bits per heavy atom. The van der Waals surface area contributed by atoms with Crippen molar-refractivity contribution < 1.29 is 18.7 Å². The lowest BCUT2D eigenvalue weighted by Gasteiger charge is -2.49. The van der Waals surface area contributed by atoms with E-state index in [2.05, 4.69) is 23.1 Å². The van der Waals surface area contributed by atoms with Gasteiger partial charge in [-0.2, -0.15) is 0 Å². The van der Waals surface area contributed by atoms with E-state index in [-0.39, 0.29) is 17.2 Å². The summed E-state index contributed by atoms with van der Waals surface area (Å²) in [5.74, 6) is 1.47. The average molecular weight is 484 g/mol.